The maximum atomic E-state index is 13.8. The van der Waals surface area contributed by atoms with Gasteiger partial charge in [0.05, 0.1) is 6.20 Å². The van der Waals surface area contributed by atoms with Crippen LogP contribution in [-0.4, -0.2) is 44.1 Å². The number of hydrogen-bond acceptors (Lipinski definition) is 5. The monoisotopic (exact) mass is 351 g/mol. The third kappa shape index (κ3) is 3.34. The minimum atomic E-state index is -1.02. The first kappa shape index (κ1) is 16.4. The Labute approximate surface area is 150 Å². The van der Waals surface area contributed by atoms with Crippen LogP contribution in [0.3, 0.4) is 0 Å². The third-order valence-electron chi connectivity index (χ3n) is 4.37. The number of alkyl halides is 1. The van der Waals surface area contributed by atoms with Crippen molar-refractivity contribution < 1.29 is 9.50 Å². The number of nitrogens with one attached hydrogen (secondary N) is 1. The Morgan fingerprint density at radius 1 is 1.23 bits per heavy atom. The van der Waals surface area contributed by atoms with E-state index in [0.717, 1.165) is 12.2 Å². The number of phenols is 1. The molecule has 1 aliphatic rings. The van der Waals surface area contributed by atoms with Crippen molar-refractivity contribution in [2.75, 3.05) is 13.1 Å². The van der Waals surface area contributed by atoms with Crippen LogP contribution in [0.15, 0.2) is 54.5 Å². The number of aromatic nitrogens is 4. The van der Waals surface area contributed by atoms with Crippen molar-refractivity contribution in [3.8, 4) is 22.7 Å². The molecule has 1 aromatic carbocycles. The Bertz CT molecular complexity index is 922. The Morgan fingerprint density at radius 3 is 2.77 bits per heavy atom. The third-order valence-corrected chi connectivity index (χ3v) is 4.37. The van der Waals surface area contributed by atoms with Crippen molar-refractivity contribution >= 4 is 6.08 Å². The summed E-state index contributed by atoms with van der Waals surface area (Å²) in [5, 5.41) is 21.5. The minimum absolute atomic E-state index is 0.0978. The Kier molecular flexibility index (Phi) is 4.45. The van der Waals surface area contributed by atoms with Gasteiger partial charge < -0.3 is 15.0 Å². The number of hydrogen-bond donors (Lipinski definition) is 2. The molecule has 0 amide bonds. The fraction of sp³-hybridized carbons (Fsp3) is 0.211. The number of rotatable bonds is 3. The van der Waals surface area contributed by atoms with E-state index >= 15 is 0 Å². The first-order chi connectivity index (χ1) is 12.7. The van der Waals surface area contributed by atoms with Crippen LogP contribution in [0.25, 0.3) is 23.0 Å². The number of phenolic OH excluding ortho intramolecular Hbond substituents is 1. The lowest BCUT2D eigenvalue weighted by molar-refractivity contribution is 0.334. The highest BCUT2D eigenvalue weighted by Gasteiger charge is 2.18. The van der Waals surface area contributed by atoms with E-state index in [1.54, 1.807) is 18.2 Å². The molecule has 1 aliphatic heterocycles. The van der Waals surface area contributed by atoms with Gasteiger partial charge in [-0.1, -0.05) is 0 Å². The molecule has 26 heavy (non-hydrogen) atoms. The minimum Gasteiger partial charge on any atom is -0.507 e. The van der Waals surface area contributed by atoms with Crippen LogP contribution in [0.4, 0.5) is 4.39 Å². The highest BCUT2D eigenvalue weighted by molar-refractivity contribution is 5.68. The van der Waals surface area contributed by atoms with Crippen molar-refractivity contribution in [2.45, 2.75) is 12.6 Å². The molecule has 7 heteroatoms. The van der Waals surface area contributed by atoms with Gasteiger partial charge in [-0.05, 0) is 48.9 Å². The molecule has 0 spiro atoms. The lowest BCUT2D eigenvalue weighted by atomic mass is 10.0. The summed E-state index contributed by atoms with van der Waals surface area (Å²) in [6.45, 7) is 1.07. The fourth-order valence-electron chi connectivity index (χ4n) is 2.96. The largest absolute Gasteiger partial charge is 0.507 e. The zero-order valence-electron chi connectivity index (χ0n) is 14.0. The molecule has 0 saturated carbocycles. The first-order valence-corrected chi connectivity index (χ1v) is 8.42. The summed E-state index contributed by atoms with van der Waals surface area (Å²) in [7, 11) is 0. The van der Waals surface area contributed by atoms with E-state index in [-0.39, 0.29) is 5.75 Å². The molecule has 2 N–H and O–H groups in total. The topological polar surface area (TPSA) is 75.9 Å². The predicted molar refractivity (Wildman–Crippen MR) is 96.6 cm³/mol. The van der Waals surface area contributed by atoms with Gasteiger partial charge >= 0.3 is 0 Å². The second kappa shape index (κ2) is 7.05. The van der Waals surface area contributed by atoms with E-state index < -0.39 is 6.17 Å². The molecule has 3 heterocycles. The summed E-state index contributed by atoms with van der Waals surface area (Å²) < 4.78 is 15.7. The summed E-state index contributed by atoms with van der Waals surface area (Å²) in [6, 6.07) is 9.15. The Morgan fingerprint density at radius 2 is 2.08 bits per heavy atom. The number of halogens is 1. The summed E-state index contributed by atoms with van der Waals surface area (Å²) >= 11 is 0. The maximum Gasteiger partial charge on any atom is 0.174 e. The maximum absolute atomic E-state index is 13.8. The van der Waals surface area contributed by atoms with E-state index in [2.05, 4.69) is 20.5 Å². The van der Waals surface area contributed by atoms with Crippen LogP contribution in [0.1, 0.15) is 12.2 Å². The quantitative estimate of drug-likeness (QED) is 0.759. The van der Waals surface area contributed by atoms with Gasteiger partial charge in [0.25, 0.3) is 0 Å². The highest BCUT2D eigenvalue weighted by atomic mass is 19.1. The molecule has 2 aromatic heterocycles. The van der Waals surface area contributed by atoms with Crippen LogP contribution in [0.5, 0.6) is 5.75 Å². The Hall–Kier alpha value is -3.06. The molecule has 0 aliphatic carbocycles. The molecule has 132 valence electrons. The average Bonchev–Trinajstić information content (AvgIpc) is 3.19. The lowest BCUT2D eigenvalue weighted by Gasteiger charge is -2.19. The van der Waals surface area contributed by atoms with E-state index in [4.69, 9.17) is 0 Å². The van der Waals surface area contributed by atoms with Gasteiger partial charge in [-0.3, -0.25) is 0 Å². The molecule has 0 bridgehead atoms. The van der Waals surface area contributed by atoms with E-state index in [1.807, 2.05) is 35.2 Å². The molecular formula is C19H18FN5O. The van der Waals surface area contributed by atoms with Gasteiger partial charge in [-0.25, -0.2) is 9.37 Å². The highest BCUT2D eigenvalue weighted by Crippen LogP contribution is 2.29. The van der Waals surface area contributed by atoms with Crippen molar-refractivity contribution in [3.05, 3.63) is 60.3 Å². The summed E-state index contributed by atoms with van der Waals surface area (Å²) in [4.78, 5) is 4.24. The molecule has 0 unspecified atom stereocenters. The fourth-order valence-corrected chi connectivity index (χ4v) is 2.96. The molecule has 4 rings (SSSR count). The molecular weight excluding hydrogens is 333 g/mol. The van der Waals surface area contributed by atoms with E-state index in [0.29, 0.717) is 35.6 Å². The molecule has 3 aromatic rings. The van der Waals surface area contributed by atoms with Crippen molar-refractivity contribution in [2.24, 2.45) is 0 Å². The van der Waals surface area contributed by atoms with E-state index in [1.165, 1.54) is 6.20 Å². The van der Waals surface area contributed by atoms with Crippen molar-refractivity contribution in [1.82, 2.24) is 25.1 Å². The van der Waals surface area contributed by atoms with Gasteiger partial charge in [-0.15, -0.1) is 10.2 Å². The van der Waals surface area contributed by atoms with Gasteiger partial charge in [0.15, 0.2) is 5.82 Å². The van der Waals surface area contributed by atoms with Crippen LogP contribution in [0.2, 0.25) is 0 Å². The molecule has 6 nitrogen and oxygen atoms in total. The Balaban J connectivity index is 1.58. The van der Waals surface area contributed by atoms with Gasteiger partial charge in [0, 0.05) is 36.3 Å². The molecule has 1 saturated heterocycles. The van der Waals surface area contributed by atoms with Gasteiger partial charge in [0.2, 0.25) is 0 Å². The van der Waals surface area contributed by atoms with Crippen molar-refractivity contribution in [1.29, 1.82) is 0 Å². The standard InChI is InChI=1S/C19H18FN5O/c20-16-11-21-6-5-13(16)9-19-22-12-17(23-24-19)15-4-3-14(10-18(15)26)25-7-1-2-8-25/h1-4,7-10,12,16,21,26H,5-6,11H2/b13-9-/t16-/m1/s1. The lowest BCUT2D eigenvalue weighted by Crippen LogP contribution is -2.32. The zero-order chi connectivity index (χ0) is 17.9. The number of benzene rings is 1. The number of aromatic hydroxyl groups is 1. The smallest absolute Gasteiger partial charge is 0.174 e. The molecule has 1 fully saturated rings. The second-order valence-corrected chi connectivity index (χ2v) is 6.13. The van der Waals surface area contributed by atoms with Crippen LogP contribution in [-0.2, 0) is 0 Å². The van der Waals surface area contributed by atoms with Crippen LogP contribution < -0.4 is 5.32 Å². The zero-order valence-corrected chi connectivity index (χ0v) is 14.0. The van der Waals surface area contributed by atoms with Crippen molar-refractivity contribution in [3.63, 3.8) is 0 Å². The average molecular weight is 351 g/mol. The predicted octanol–water partition coefficient (Wildman–Crippen LogP) is 2.75. The summed E-state index contributed by atoms with van der Waals surface area (Å²) in [5.74, 6) is 0.470. The van der Waals surface area contributed by atoms with E-state index in [9.17, 15) is 9.50 Å². The van der Waals surface area contributed by atoms with Crippen LogP contribution >= 0.6 is 0 Å². The molecule has 1 atom stereocenters. The first-order valence-electron chi connectivity index (χ1n) is 8.42. The normalized spacial score (nSPS) is 19.0. The summed E-state index contributed by atoms with van der Waals surface area (Å²) in [5.41, 5.74) is 2.53. The number of piperidine rings is 1. The van der Waals surface area contributed by atoms with Crippen LogP contribution in [0, 0.1) is 0 Å². The van der Waals surface area contributed by atoms with Gasteiger partial charge in [0.1, 0.15) is 17.6 Å². The summed E-state index contributed by atoms with van der Waals surface area (Å²) in [6.07, 6.45) is 6.61. The van der Waals surface area contributed by atoms with Gasteiger partial charge in [-0.2, -0.15) is 0 Å². The second-order valence-electron chi connectivity index (χ2n) is 6.13. The SMILES string of the molecule is Oc1cc(-n2cccc2)ccc1-c1cnc(/C=C2/CCNC[C@H]2F)nn1. The number of nitrogens with zero attached hydrogens (tertiary/aromatic N) is 4. The molecule has 0 radical (unpaired) electrons.